The second-order valence-corrected chi connectivity index (χ2v) is 6.64. The van der Waals surface area contributed by atoms with Gasteiger partial charge in [0.15, 0.2) is 0 Å². The van der Waals surface area contributed by atoms with Crippen molar-refractivity contribution in [2.45, 2.75) is 0 Å². The third kappa shape index (κ3) is 4.50. The van der Waals surface area contributed by atoms with Gasteiger partial charge in [0.05, 0.1) is 0 Å². The van der Waals surface area contributed by atoms with Gasteiger partial charge in [0.1, 0.15) is 0 Å². The molecule has 1 radical (unpaired) electrons. The monoisotopic (exact) mass is 140 g/mol. The Morgan fingerprint density at radius 3 is 1.83 bits per heavy atom. The molecule has 4 heteroatoms. The summed E-state index contributed by atoms with van der Waals surface area (Å²) >= 11 is 10.3. The molecule has 1 N–H and O–H groups in total. The summed E-state index contributed by atoms with van der Waals surface area (Å²) in [6, 6.07) is 0. The van der Waals surface area contributed by atoms with Crippen molar-refractivity contribution in [2.75, 3.05) is 0 Å². The van der Waals surface area contributed by atoms with Gasteiger partial charge < -0.3 is 0 Å². The Balaban J connectivity index is 3.45. The summed E-state index contributed by atoms with van der Waals surface area (Å²) in [5, 5.41) is 6.73. The molecule has 0 aliphatic heterocycles. The highest BCUT2D eigenvalue weighted by atomic mass is 35.7. The van der Waals surface area contributed by atoms with Crippen LogP contribution in [-0.4, -0.2) is 6.86 Å². The first-order valence-electron chi connectivity index (χ1n) is 1.32. The molecule has 0 aromatic carbocycles. The molecule has 35 valence electrons. The Labute approximate surface area is 47.2 Å². The number of hydrogen-bond acceptors (Lipinski definition) is 0. The molecule has 0 amide bonds. The van der Waals surface area contributed by atoms with Gasteiger partial charge in [-0.2, -0.15) is 0 Å². The Bertz CT molecular complexity index is 57.1. The topological polar surface area (TPSA) is 23.8 Å². The maximum absolute atomic E-state index is 6.73. The second kappa shape index (κ2) is 1.98. The fraction of sp³-hybridized carbons (Fsp3) is 0. The third-order valence-corrected chi connectivity index (χ3v) is 1.69. The van der Waals surface area contributed by atoms with Crippen LogP contribution < -0.4 is 5.40 Å². The van der Waals surface area contributed by atoms with Crippen LogP contribution in [0, 0.1) is 0 Å². The van der Waals surface area contributed by atoms with Crippen LogP contribution in [0.2, 0.25) is 0 Å². The van der Waals surface area contributed by atoms with Crippen LogP contribution in [0.1, 0.15) is 0 Å². The van der Waals surface area contributed by atoms with Crippen molar-refractivity contribution in [2.24, 2.45) is 0 Å². The van der Waals surface area contributed by atoms with Crippen LogP contribution in [-0.2, 0) is 0 Å². The molecule has 0 rings (SSSR count). The molecule has 0 aromatic rings. The first-order chi connectivity index (χ1) is 2.56. The van der Waals surface area contributed by atoms with Crippen LogP contribution in [0.5, 0.6) is 0 Å². The molecule has 0 aliphatic rings. The average molecular weight is 141 g/mol. The van der Waals surface area contributed by atoms with Crippen molar-refractivity contribution in [3.63, 3.8) is 0 Å². The van der Waals surface area contributed by atoms with Crippen molar-refractivity contribution in [3.8, 4) is 0 Å². The highest BCUT2D eigenvalue weighted by Gasteiger charge is 2.16. The van der Waals surface area contributed by atoms with E-state index in [-0.39, 0.29) is 0 Å². The van der Waals surface area contributed by atoms with Crippen LogP contribution in [0.15, 0.2) is 12.3 Å². The lowest BCUT2D eigenvalue weighted by Gasteiger charge is -1.94. The summed E-state index contributed by atoms with van der Waals surface area (Å²) in [5.41, 5.74) is 1.27. The summed E-state index contributed by atoms with van der Waals surface area (Å²) in [7, 11) is 0. The SMILES string of the molecule is C=C[Si]([NH])(Cl)Cl. The molecule has 1 nitrogen and oxygen atoms in total. The van der Waals surface area contributed by atoms with E-state index < -0.39 is 6.86 Å². The third-order valence-electron chi connectivity index (χ3n) is 0.256. The highest BCUT2D eigenvalue weighted by molar-refractivity contribution is 7.45. The van der Waals surface area contributed by atoms with E-state index in [0.717, 1.165) is 0 Å². The quantitative estimate of drug-likeness (QED) is 0.389. The van der Waals surface area contributed by atoms with Crippen LogP contribution in [0.4, 0.5) is 0 Å². The summed E-state index contributed by atoms with van der Waals surface area (Å²) < 4.78 is 0. The number of halogens is 2. The number of hydrogen-bond donors (Lipinski definition) is 0. The molecule has 0 bridgehead atoms. The van der Waals surface area contributed by atoms with E-state index in [1.807, 2.05) is 0 Å². The van der Waals surface area contributed by atoms with Crippen molar-refractivity contribution >= 4 is 29.0 Å². The minimum Gasteiger partial charge on any atom is -0.253 e. The molecule has 0 spiro atoms. The zero-order chi connectivity index (χ0) is 5.21. The summed E-state index contributed by atoms with van der Waals surface area (Å²) in [4.78, 5) is 0. The zero-order valence-electron chi connectivity index (χ0n) is 3.04. The molecule has 0 heterocycles. The smallest absolute Gasteiger partial charge is 0.253 e. The minimum absolute atomic E-state index is 1.27. The van der Waals surface area contributed by atoms with E-state index >= 15 is 0 Å². The normalized spacial score (nSPS) is 11.2. The van der Waals surface area contributed by atoms with Crippen molar-refractivity contribution in [1.82, 2.24) is 5.40 Å². The van der Waals surface area contributed by atoms with Crippen molar-refractivity contribution in [1.29, 1.82) is 0 Å². The molecule has 0 saturated carbocycles. The van der Waals surface area contributed by atoms with Crippen molar-refractivity contribution in [3.05, 3.63) is 12.3 Å². The fourth-order valence-electron chi connectivity index (χ4n) is 0. The number of rotatable bonds is 1. The Kier molecular flexibility index (Phi) is 2.14. The zero-order valence-corrected chi connectivity index (χ0v) is 5.55. The van der Waals surface area contributed by atoms with Gasteiger partial charge in [-0.25, -0.2) is 0 Å². The predicted molar refractivity (Wildman–Crippen MR) is 30.8 cm³/mol. The molecular formula is C2H4Cl2NSi. The maximum Gasteiger partial charge on any atom is 0.359 e. The predicted octanol–water partition coefficient (Wildman–Crippen LogP) is 1.41. The van der Waals surface area contributed by atoms with E-state index in [1.165, 1.54) is 5.70 Å². The molecule has 0 fully saturated rings. The van der Waals surface area contributed by atoms with Gasteiger partial charge in [0.2, 0.25) is 0 Å². The molecule has 6 heavy (non-hydrogen) atoms. The Morgan fingerprint density at radius 2 is 1.83 bits per heavy atom. The molecular weight excluding hydrogens is 137 g/mol. The van der Waals surface area contributed by atoms with Gasteiger partial charge in [-0.3, -0.25) is 5.40 Å². The van der Waals surface area contributed by atoms with E-state index in [2.05, 4.69) is 6.58 Å². The summed E-state index contributed by atoms with van der Waals surface area (Å²) in [6.45, 7) is 0.569. The van der Waals surface area contributed by atoms with E-state index in [1.54, 1.807) is 0 Å². The first-order valence-corrected chi connectivity index (χ1v) is 5.43. The van der Waals surface area contributed by atoms with Gasteiger partial charge in [0.25, 0.3) is 0 Å². The van der Waals surface area contributed by atoms with E-state index in [9.17, 15) is 0 Å². The lowest BCUT2D eigenvalue weighted by molar-refractivity contribution is 1.78. The maximum atomic E-state index is 6.73. The van der Waals surface area contributed by atoms with Crippen molar-refractivity contribution < 1.29 is 0 Å². The average Bonchev–Trinajstić information content (AvgIpc) is 1.35. The van der Waals surface area contributed by atoms with Crippen LogP contribution in [0.25, 0.3) is 0 Å². The standard InChI is InChI=1S/C2H4Cl2NSi/c1-2-6(3,4)5/h2,5H,1H2. The Hall–Kier alpha value is 0.497. The lowest BCUT2D eigenvalue weighted by atomic mass is 11.3. The van der Waals surface area contributed by atoms with Crippen LogP contribution in [0.3, 0.4) is 0 Å². The van der Waals surface area contributed by atoms with E-state index in [4.69, 9.17) is 27.6 Å². The molecule has 0 unspecified atom stereocenters. The van der Waals surface area contributed by atoms with Gasteiger partial charge in [-0.05, 0) is 0 Å². The summed E-state index contributed by atoms with van der Waals surface area (Å²) in [6.07, 6.45) is 0. The van der Waals surface area contributed by atoms with Gasteiger partial charge in [-0.1, -0.05) is 5.70 Å². The van der Waals surface area contributed by atoms with Crippen LogP contribution >= 0.6 is 22.2 Å². The lowest BCUT2D eigenvalue weighted by Crippen LogP contribution is -2.16. The van der Waals surface area contributed by atoms with Gasteiger partial charge >= 0.3 is 6.86 Å². The highest BCUT2D eigenvalue weighted by Crippen LogP contribution is 2.07. The fourth-order valence-corrected chi connectivity index (χ4v) is 0. The van der Waals surface area contributed by atoms with Gasteiger partial charge in [0, 0.05) is 0 Å². The second-order valence-electron chi connectivity index (χ2n) is 0.827. The molecule has 0 aliphatic carbocycles. The number of nitrogens with one attached hydrogen (secondary N) is 1. The minimum atomic E-state index is -2.67. The molecule has 0 saturated heterocycles. The molecule has 0 aromatic heterocycles. The van der Waals surface area contributed by atoms with E-state index in [0.29, 0.717) is 0 Å². The van der Waals surface area contributed by atoms with Gasteiger partial charge in [-0.15, -0.1) is 28.7 Å². The first kappa shape index (κ1) is 6.50. The largest absolute Gasteiger partial charge is 0.359 e. The Morgan fingerprint density at radius 1 is 1.67 bits per heavy atom. The summed E-state index contributed by atoms with van der Waals surface area (Å²) in [5.74, 6) is 0. The molecule has 0 atom stereocenters.